The third-order valence-corrected chi connectivity index (χ3v) is 3.10. The predicted molar refractivity (Wildman–Crippen MR) is 89.2 cm³/mol. The molecule has 3 aromatic rings. The van der Waals surface area contributed by atoms with Gasteiger partial charge in [0.1, 0.15) is 23.7 Å². The maximum atomic E-state index is 5.83. The summed E-state index contributed by atoms with van der Waals surface area (Å²) < 4.78 is 11.2. The first kappa shape index (κ1) is 14.6. The number of benzene rings is 2. The maximum Gasteiger partial charge on any atom is 0.169 e. The van der Waals surface area contributed by atoms with Crippen LogP contribution in [0.15, 0.2) is 60.9 Å². The molecule has 0 atom stereocenters. The molecule has 0 spiro atoms. The number of rotatable bonds is 5. The van der Waals surface area contributed by atoms with E-state index in [0.29, 0.717) is 23.1 Å². The Labute approximate surface area is 133 Å². The Morgan fingerprint density at radius 3 is 2.52 bits per heavy atom. The summed E-state index contributed by atoms with van der Waals surface area (Å²) >= 11 is 0. The van der Waals surface area contributed by atoms with E-state index >= 15 is 0 Å². The van der Waals surface area contributed by atoms with E-state index in [1.807, 2.05) is 48.5 Å². The first-order chi connectivity index (χ1) is 11.2. The van der Waals surface area contributed by atoms with Crippen LogP contribution in [0.25, 0.3) is 0 Å². The second-order valence-corrected chi connectivity index (χ2v) is 4.73. The molecule has 0 fully saturated rings. The van der Waals surface area contributed by atoms with Crippen LogP contribution >= 0.6 is 0 Å². The van der Waals surface area contributed by atoms with Gasteiger partial charge in [-0.2, -0.15) is 0 Å². The number of aromatic nitrogens is 2. The Hall–Kier alpha value is -3.28. The van der Waals surface area contributed by atoms with Crippen LogP contribution in [0.2, 0.25) is 0 Å². The van der Waals surface area contributed by atoms with Crippen LogP contribution in [-0.2, 0) is 0 Å². The van der Waals surface area contributed by atoms with Gasteiger partial charge in [-0.25, -0.2) is 9.97 Å². The van der Waals surface area contributed by atoms with E-state index < -0.39 is 0 Å². The highest BCUT2D eigenvalue weighted by molar-refractivity contribution is 5.62. The maximum absolute atomic E-state index is 5.83. The van der Waals surface area contributed by atoms with Crippen LogP contribution in [0.3, 0.4) is 0 Å². The Morgan fingerprint density at radius 1 is 0.957 bits per heavy atom. The molecular weight excluding hydrogens is 292 g/mol. The number of nitrogens with one attached hydrogen (secondary N) is 1. The molecule has 6 nitrogen and oxygen atoms in total. The van der Waals surface area contributed by atoms with Gasteiger partial charge in [0, 0.05) is 17.8 Å². The van der Waals surface area contributed by atoms with Crippen molar-refractivity contribution in [3.05, 3.63) is 60.9 Å². The third kappa shape index (κ3) is 3.68. The fourth-order valence-electron chi connectivity index (χ4n) is 2.03. The van der Waals surface area contributed by atoms with Crippen molar-refractivity contribution in [2.75, 3.05) is 18.2 Å². The molecule has 0 radical (unpaired) electrons. The highest BCUT2D eigenvalue weighted by atomic mass is 16.5. The van der Waals surface area contributed by atoms with Gasteiger partial charge in [-0.15, -0.1) is 0 Å². The molecule has 0 saturated heterocycles. The molecule has 1 heterocycles. The molecule has 23 heavy (non-hydrogen) atoms. The third-order valence-electron chi connectivity index (χ3n) is 3.10. The quantitative estimate of drug-likeness (QED) is 0.749. The molecule has 2 aromatic carbocycles. The summed E-state index contributed by atoms with van der Waals surface area (Å²) in [6.45, 7) is 0. The summed E-state index contributed by atoms with van der Waals surface area (Å²) in [5.41, 5.74) is 6.45. The minimum Gasteiger partial charge on any atom is -0.493 e. The molecule has 0 saturated carbocycles. The number of nitrogens with zero attached hydrogens (tertiary/aromatic N) is 2. The van der Waals surface area contributed by atoms with Crippen LogP contribution in [0.1, 0.15) is 0 Å². The molecule has 0 bridgehead atoms. The zero-order valence-electron chi connectivity index (χ0n) is 12.6. The lowest BCUT2D eigenvalue weighted by Crippen LogP contribution is -1.98. The monoisotopic (exact) mass is 308 g/mol. The van der Waals surface area contributed by atoms with Crippen molar-refractivity contribution in [1.29, 1.82) is 0 Å². The Kier molecular flexibility index (Phi) is 4.24. The van der Waals surface area contributed by atoms with Crippen molar-refractivity contribution in [2.45, 2.75) is 0 Å². The summed E-state index contributed by atoms with van der Waals surface area (Å²) in [6, 6.07) is 16.7. The average Bonchev–Trinajstić information content (AvgIpc) is 2.57. The van der Waals surface area contributed by atoms with E-state index in [2.05, 4.69) is 15.3 Å². The molecule has 1 aromatic heterocycles. The van der Waals surface area contributed by atoms with Crippen molar-refractivity contribution >= 4 is 17.3 Å². The van der Waals surface area contributed by atoms with Crippen molar-refractivity contribution in [1.82, 2.24) is 9.97 Å². The van der Waals surface area contributed by atoms with Crippen molar-refractivity contribution in [3.8, 4) is 17.2 Å². The Morgan fingerprint density at radius 2 is 1.78 bits per heavy atom. The summed E-state index contributed by atoms with van der Waals surface area (Å²) in [4.78, 5) is 7.96. The molecule has 0 amide bonds. The summed E-state index contributed by atoms with van der Waals surface area (Å²) in [7, 11) is 1.60. The van der Waals surface area contributed by atoms with Gasteiger partial charge in [0.05, 0.1) is 7.11 Å². The van der Waals surface area contributed by atoms with Crippen LogP contribution in [0.4, 0.5) is 17.3 Å². The van der Waals surface area contributed by atoms with Crippen molar-refractivity contribution in [2.24, 2.45) is 0 Å². The lowest BCUT2D eigenvalue weighted by atomic mass is 10.2. The summed E-state index contributed by atoms with van der Waals surface area (Å²) in [5.74, 6) is 3.00. The highest BCUT2D eigenvalue weighted by Gasteiger charge is 2.08. The van der Waals surface area contributed by atoms with E-state index in [9.17, 15) is 0 Å². The number of nitrogen functional groups attached to an aromatic ring is 1. The second kappa shape index (κ2) is 6.65. The van der Waals surface area contributed by atoms with Crippen LogP contribution in [0.5, 0.6) is 17.2 Å². The molecule has 3 rings (SSSR count). The zero-order chi connectivity index (χ0) is 16.1. The summed E-state index contributed by atoms with van der Waals surface area (Å²) in [5, 5.41) is 3.14. The van der Waals surface area contributed by atoms with Gasteiger partial charge in [0.15, 0.2) is 11.5 Å². The standard InChI is InChI=1S/C17H16N4O2/c1-22-15-9-12(21-17-10-16(18)19-11-20-17)7-8-14(15)23-13-5-3-2-4-6-13/h2-11H,1H3,(H3,18,19,20,21). The molecule has 0 aliphatic carbocycles. The number of nitrogens with two attached hydrogens (primary N) is 1. The zero-order valence-corrected chi connectivity index (χ0v) is 12.6. The first-order valence-electron chi connectivity index (χ1n) is 7.00. The molecule has 3 N–H and O–H groups in total. The van der Waals surface area contributed by atoms with Gasteiger partial charge in [-0.05, 0) is 24.3 Å². The lowest BCUT2D eigenvalue weighted by Gasteiger charge is -2.12. The van der Waals surface area contributed by atoms with Crippen LogP contribution in [0, 0.1) is 0 Å². The van der Waals surface area contributed by atoms with Gasteiger partial charge in [0.2, 0.25) is 0 Å². The number of ether oxygens (including phenoxy) is 2. The molecule has 0 aliphatic heterocycles. The number of methoxy groups -OCH3 is 1. The first-order valence-corrected chi connectivity index (χ1v) is 7.00. The van der Waals surface area contributed by atoms with E-state index in [1.165, 1.54) is 6.33 Å². The summed E-state index contributed by atoms with van der Waals surface area (Å²) in [6.07, 6.45) is 1.40. The normalized spacial score (nSPS) is 10.1. The van der Waals surface area contributed by atoms with Crippen molar-refractivity contribution in [3.63, 3.8) is 0 Å². The Balaban J connectivity index is 1.82. The minimum atomic E-state index is 0.401. The number of para-hydroxylation sites is 1. The van der Waals surface area contributed by atoms with Crippen LogP contribution in [-0.4, -0.2) is 17.1 Å². The smallest absolute Gasteiger partial charge is 0.169 e. The topological polar surface area (TPSA) is 82.3 Å². The van der Waals surface area contributed by atoms with Crippen molar-refractivity contribution < 1.29 is 9.47 Å². The van der Waals surface area contributed by atoms with Gasteiger partial charge >= 0.3 is 0 Å². The number of hydrogen-bond acceptors (Lipinski definition) is 6. The molecule has 0 aliphatic rings. The van der Waals surface area contributed by atoms with Gasteiger partial charge < -0.3 is 20.5 Å². The number of anilines is 3. The van der Waals surface area contributed by atoms with E-state index in [-0.39, 0.29) is 0 Å². The average molecular weight is 308 g/mol. The molecule has 6 heteroatoms. The van der Waals surface area contributed by atoms with E-state index in [0.717, 1.165) is 11.4 Å². The SMILES string of the molecule is COc1cc(Nc2cc(N)ncn2)ccc1Oc1ccccc1. The van der Waals surface area contributed by atoms with E-state index in [1.54, 1.807) is 13.2 Å². The number of hydrogen-bond donors (Lipinski definition) is 2. The molecular formula is C17H16N4O2. The lowest BCUT2D eigenvalue weighted by molar-refractivity contribution is 0.379. The predicted octanol–water partition coefficient (Wildman–Crippen LogP) is 3.60. The largest absolute Gasteiger partial charge is 0.493 e. The fourth-order valence-corrected chi connectivity index (χ4v) is 2.03. The van der Waals surface area contributed by atoms with Gasteiger partial charge in [0.25, 0.3) is 0 Å². The Bertz CT molecular complexity index is 794. The highest BCUT2D eigenvalue weighted by Crippen LogP contribution is 2.34. The van der Waals surface area contributed by atoms with E-state index in [4.69, 9.17) is 15.2 Å². The van der Waals surface area contributed by atoms with Crippen LogP contribution < -0.4 is 20.5 Å². The second-order valence-electron chi connectivity index (χ2n) is 4.73. The molecule has 0 unspecified atom stereocenters. The minimum absolute atomic E-state index is 0.401. The fraction of sp³-hybridized carbons (Fsp3) is 0.0588. The van der Waals surface area contributed by atoms with Gasteiger partial charge in [-0.1, -0.05) is 18.2 Å². The van der Waals surface area contributed by atoms with Gasteiger partial charge in [-0.3, -0.25) is 0 Å². The molecule has 116 valence electrons.